The van der Waals surface area contributed by atoms with Gasteiger partial charge in [0.2, 0.25) is 12.3 Å². The molecule has 0 saturated heterocycles. The van der Waals surface area contributed by atoms with Crippen molar-refractivity contribution in [3.8, 4) is 0 Å². The van der Waals surface area contributed by atoms with Gasteiger partial charge in [0.25, 0.3) is 5.91 Å². The second-order valence-corrected chi connectivity index (χ2v) is 6.70. The van der Waals surface area contributed by atoms with E-state index in [-0.39, 0.29) is 31.3 Å². The number of hydroxylamine groups is 2. The Hall–Kier alpha value is -2.87. The number of nitrogens with zero attached hydrogens (tertiary/aromatic N) is 1. The van der Waals surface area contributed by atoms with Gasteiger partial charge in [0.1, 0.15) is 5.58 Å². The van der Waals surface area contributed by atoms with Gasteiger partial charge >= 0.3 is 0 Å². The van der Waals surface area contributed by atoms with Gasteiger partial charge in [0.15, 0.2) is 5.76 Å². The van der Waals surface area contributed by atoms with E-state index >= 15 is 0 Å². The number of amides is 3. The SMILES string of the molecule is CCCCC[C@H](CN(O)C=O)C(=O)NCNC(=O)c1oc2ccccc2c1C. The molecule has 0 aliphatic rings. The fourth-order valence-corrected chi connectivity index (χ4v) is 3.04. The lowest BCUT2D eigenvalue weighted by Crippen LogP contribution is -2.43. The second kappa shape index (κ2) is 10.5. The van der Waals surface area contributed by atoms with E-state index < -0.39 is 11.8 Å². The van der Waals surface area contributed by atoms with Crippen molar-refractivity contribution in [2.75, 3.05) is 13.2 Å². The van der Waals surface area contributed by atoms with Crippen molar-refractivity contribution in [1.29, 1.82) is 0 Å². The molecule has 0 spiro atoms. The fraction of sp³-hybridized carbons (Fsp3) is 0.450. The van der Waals surface area contributed by atoms with E-state index in [1.165, 1.54) is 0 Å². The lowest BCUT2D eigenvalue weighted by atomic mass is 10.0. The summed E-state index contributed by atoms with van der Waals surface area (Å²) in [5.41, 5.74) is 1.36. The van der Waals surface area contributed by atoms with Crippen molar-refractivity contribution in [1.82, 2.24) is 15.7 Å². The number of hydrogen-bond donors (Lipinski definition) is 3. The van der Waals surface area contributed by atoms with Gasteiger partial charge < -0.3 is 15.1 Å². The topological polar surface area (TPSA) is 112 Å². The van der Waals surface area contributed by atoms with Crippen molar-refractivity contribution in [3.05, 3.63) is 35.6 Å². The molecule has 0 radical (unpaired) electrons. The number of fused-ring (bicyclic) bond motifs is 1. The highest BCUT2D eigenvalue weighted by molar-refractivity contribution is 5.99. The molecule has 0 fully saturated rings. The van der Waals surface area contributed by atoms with Gasteiger partial charge in [-0.3, -0.25) is 19.6 Å². The minimum Gasteiger partial charge on any atom is -0.451 e. The highest BCUT2D eigenvalue weighted by Gasteiger charge is 2.21. The largest absolute Gasteiger partial charge is 0.451 e. The molecule has 1 aromatic heterocycles. The van der Waals surface area contributed by atoms with Crippen LogP contribution in [0.25, 0.3) is 11.0 Å². The van der Waals surface area contributed by atoms with Crippen LogP contribution in [0.15, 0.2) is 28.7 Å². The first kappa shape index (κ1) is 21.4. The summed E-state index contributed by atoms with van der Waals surface area (Å²) in [5, 5.41) is 16.0. The Labute approximate surface area is 163 Å². The minimum atomic E-state index is -0.549. The molecule has 8 nitrogen and oxygen atoms in total. The summed E-state index contributed by atoms with van der Waals surface area (Å²) in [6.45, 7) is 3.69. The van der Waals surface area contributed by atoms with Crippen LogP contribution in [0.3, 0.4) is 0 Å². The van der Waals surface area contributed by atoms with Crippen LogP contribution in [0.5, 0.6) is 0 Å². The summed E-state index contributed by atoms with van der Waals surface area (Å²) < 4.78 is 5.59. The van der Waals surface area contributed by atoms with Gasteiger partial charge in [0.05, 0.1) is 19.1 Å². The summed E-state index contributed by atoms with van der Waals surface area (Å²) in [5.74, 6) is -1.10. The molecule has 0 unspecified atom stereocenters. The zero-order valence-electron chi connectivity index (χ0n) is 16.2. The lowest BCUT2D eigenvalue weighted by molar-refractivity contribution is -0.154. The van der Waals surface area contributed by atoms with Gasteiger partial charge in [-0.15, -0.1) is 0 Å². The monoisotopic (exact) mass is 389 g/mol. The highest BCUT2D eigenvalue weighted by atomic mass is 16.5. The van der Waals surface area contributed by atoms with Gasteiger partial charge in [-0.05, 0) is 19.4 Å². The number of carbonyl (C=O) groups is 3. The molecule has 0 saturated carbocycles. The molecule has 8 heteroatoms. The summed E-state index contributed by atoms with van der Waals surface area (Å²) >= 11 is 0. The van der Waals surface area contributed by atoms with Crippen molar-refractivity contribution < 1.29 is 24.0 Å². The van der Waals surface area contributed by atoms with E-state index in [4.69, 9.17) is 4.42 Å². The Morgan fingerprint density at radius 2 is 2.00 bits per heavy atom. The van der Waals surface area contributed by atoms with Crippen molar-refractivity contribution in [2.45, 2.75) is 39.5 Å². The number of unbranched alkanes of at least 4 members (excludes halogenated alkanes) is 2. The number of carbonyl (C=O) groups excluding carboxylic acids is 3. The van der Waals surface area contributed by atoms with E-state index in [2.05, 4.69) is 17.6 Å². The third kappa shape index (κ3) is 5.56. The van der Waals surface area contributed by atoms with Crippen LogP contribution in [0, 0.1) is 12.8 Å². The summed E-state index contributed by atoms with van der Waals surface area (Å²) in [6.07, 6.45) is 3.58. The molecule has 0 aliphatic heterocycles. The highest BCUT2D eigenvalue weighted by Crippen LogP contribution is 2.24. The Morgan fingerprint density at radius 3 is 2.68 bits per heavy atom. The number of furan rings is 1. The number of aryl methyl sites for hydroxylation is 1. The lowest BCUT2D eigenvalue weighted by Gasteiger charge is -2.19. The number of para-hydroxylation sites is 1. The maximum Gasteiger partial charge on any atom is 0.288 e. The number of benzene rings is 1. The molecule has 1 heterocycles. The number of rotatable bonds is 11. The van der Waals surface area contributed by atoms with Crippen LogP contribution >= 0.6 is 0 Å². The van der Waals surface area contributed by atoms with Gasteiger partial charge in [0, 0.05) is 10.9 Å². The van der Waals surface area contributed by atoms with Crippen molar-refractivity contribution in [2.24, 2.45) is 5.92 Å². The first-order valence-electron chi connectivity index (χ1n) is 9.42. The molecule has 0 bridgehead atoms. The van der Waals surface area contributed by atoms with E-state index in [0.717, 1.165) is 30.2 Å². The molecule has 0 aliphatic carbocycles. The summed E-state index contributed by atoms with van der Waals surface area (Å²) in [7, 11) is 0. The standard InChI is InChI=1S/C20H27N3O5/c1-3-4-5-8-15(11-23(27)13-24)19(25)21-12-22-20(26)18-14(2)16-9-6-7-10-17(16)28-18/h6-7,9-10,13,15,27H,3-5,8,11-12H2,1-2H3,(H,21,25)(H,22,26)/t15-/m1/s1. The Bertz CT molecular complexity index is 817. The average Bonchev–Trinajstić information content (AvgIpc) is 3.04. The van der Waals surface area contributed by atoms with Crippen LogP contribution in [0.4, 0.5) is 0 Å². The third-order valence-electron chi connectivity index (χ3n) is 4.62. The second-order valence-electron chi connectivity index (χ2n) is 6.70. The van der Waals surface area contributed by atoms with Crippen molar-refractivity contribution >= 4 is 29.2 Å². The summed E-state index contributed by atoms with van der Waals surface area (Å²) in [4.78, 5) is 35.4. The molecule has 2 aromatic rings. The zero-order valence-corrected chi connectivity index (χ0v) is 16.2. The molecular formula is C20H27N3O5. The van der Waals surface area contributed by atoms with Gasteiger partial charge in [-0.1, -0.05) is 44.4 Å². The smallest absolute Gasteiger partial charge is 0.288 e. The van der Waals surface area contributed by atoms with Crippen LogP contribution < -0.4 is 10.6 Å². The predicted octanol–water partition coefficient (Wildman–Crippen LogP) is 2.59. The molecule has 2 rings (SSSR count). The van der Waals surface area contributed by atoms with Crippen LogP contribution in [0.1, 0.15) is 48.7 Å². The molecule has 1 atom stereocenters. The van der Waals surface area contributed by atoms with Crippen LogP contribution in [0.2, 0.25) is 0 Å². The summed E-state index contributed by atoms with van der Waals surface area (Å²) in [6, 6.07) is 7.36. The van der Waals surface area contributed by atoms with Gasteiger partial charge in [-0.2, -0.15) is 0 Å². The van der Waals surface area contributed by atoms with Gasteiger partial charge in [-0.25, -0.2) is 5.06 Å². The molecular weight excluding hydrogens is 362 g/mol. The van der Waals surface area contributed by atoms with E-state index in [1.807, 2.05) is 18.2 Å². The Morgan fingerprint density at radius 1 is 1.25 bits per heavy atom. The average molecular weight is 389 g/mol. The Kier molecular flexibility index (Phi) is 8.01. The zero-order chi connectivity index (χ0) is 20.5. The fourth-order valence-electron chi connectivity index (χ4n) is 3.04. The molecule has 3 N–H and O–H groups in total. The van der Waals surface area contributed by atoms with Crippen molar-refractivity contribution in [3.63, 3.8) is 0 Å². The first-order chi connectivity index (χ1) is 13.5. The quantitative estimate of drug-likeness (QED) is 0.180. The van der Waals surface area contributed by atoms with E-state index in [1.54, 1.807) is 13.0 Å². The maximum absolute atomic E-state index is 12.4. The van der Waals surface area contributed by atoms with E-state index in [0.29, 0.717) is 17.1 Å². The number of hydrogen-bond acceptors (Lipinski definition) is 5. The molecule has 152 valence electrons. The molecule has 3 amide bonds. The molecule has 1 aromatic carbocycles. The minimum absolute atomic E-state index is 0.0784. The van der Waals surface area contributed by atoms with Crippen LogP contribution in [-0.2, 0) is 9.59 Å². The first-order valence-corrected chi connectivity index (χ1v) is 9.42. The van der Waals surface area contributed by atoms with Crippen LogP contribution in [-0.4, -0.2) is 41.7 Å². The molecule has 28 heavy (non-hydrogen) atoms. The normalized spacial score (nSPS) is 11.8. The Balaban J connectivity index is 1.91. The third-order valence-corrected chi connectivity index (χ3v) is 4.62. The van der Waals surface area contributed by atoms with E-state index in [9.17, 15) is 19.6 Å². The number of nitrogens with one attached hydrogen (secondary N) is 2. The predicted molar refractivity (Wildman–Crippen MR) is 104 cm³/mol. The maximum atomic E-state index is 12.4.